The second kappa shape index (κ2) is 5.67. The van der Waals surface area contributed by atoms with E-state index in [1.54, 1.807) is 17.0 Å². The summed E-state index contributed by atoms with van der Waals surface area (Å²) in [7, 11) is 0. The van der Waals surface area contributed by atoms with Crippen LogP contribution in [0.5, 0.6) is 0 Å². The van der Waals surface area contributed by atoms with Gasteiger partial charge in [-0.3, -0.25) is 4.79 Å². The third kappa shape index (κ3) is 3.31. The van der Waals surface area contributed by atoms with E-state index in [1.165, 1.54) is 0 Å². The van der Waals surface area contributed by atoms with Crippen molar-refractivity contribution in [3.05, 3.63) is 22.7 Å². The van der Waals surface area contributed by atoms with Crippen LogP contribution in [0, 0.1) is 0 Å². The lowest BCUT2D eigenvalue weighted by atomic mass is 10.1. The van der Waals surface area contributed by atoms with Gasteiger partial charge in [0.05, 0.1) is 0 Å². The Balaban J connectivity index is 3.23. The fraction of sp³-hybridized carbons (Fsp3) is 0.667. The molecule has 0 saturated heterocycles. The second-order valence-corrected chi connectivity index (χ2v) is 5.66. The Morgan fingerprint density at radius 2 is 2.12 bits per heavy atom. The number of halogens is 1. The zero-order chi connectivity index (χ0) is 13.1. The van der Waals surface area contributed by atoms with Crippen molar-refractivity contribution in [3.63, 3.8) is 0 Å². The molecule has 0 aliphatic rings. The van der Waals surface area contributed by atoms with Gasteiger partial charge in [-0.1, -0.05) is 15.9 Å². The van der Waals surface area contributed by atoms with Crippen LogP contribution in [0.25, 0.3) is 0 Å². The molecule has 17 heavy (non-hydrogen) atoms. The SMILES string of the molecule is CCN(CCBr)c1nccn(C(C)(C)C)c1=O. The third-order valence-electron chi connectivity index (χ3n) is 2.58. The van der Waals surface area contributed by atoms with Gasteiger partial charge in [-0.2, -0.15) is 0 Å². The minimum Gasteiger partial charge on any atom is -0.351 e. The van der Waals surface area contributed by atoms with Gasteiger partial charge in [0.15, 0.2) is 5.82 Å². The highest BCUT2D eigenvalue weighted by Gasteiger charge is 2.18. The number of hydrogen-bond acceptors (Lipinski definition) is 3. The Labute approximate surface area is 111 Å². The minimum absolute atomic E-state index is 0.0252. The number of nitrogens with zero attached hydrogens (tertiary/aromatic N) is 3. The molecule has 0 spiro atoms. The van der Waals surface area contributed by atoms with Crippen molar-refractivity contribution < 1.29 is 0 Å². The van der Waals surface area contributed by atoms with E-state index >= 15 is 0 Å². The molecule has 1 aromatic heterocycles. The average Bonchev–Trinajstić information content (AvgIpc) is 2.25. The first kappa shape index (κ1) is 14.2. The summed E-state index contributed by atoms with van der Waals surface area (Å²) in [4.78, 5) is 18.5. The normalized spacial score (nSPS) is 11.6. The summed E-state index contributed by atoms with van der Waals surface area (Å²) in [6.45, 7) is 9.63. The Kier molecular flexibility index (Phi) is 4.74. The monoisotopic (exact) mass is 301 g/mol. The van der Waals surface area contributed by atoms with Gasteiger partial charge in [0, 0.05) is 36.4 Å². The number of hydrogen-bond donors (Lipinski definition) is 0. The number of aromatic nitrogens is 2. The lowest BCUT2D eigenvalue weighted by Gasteiger charge is -2.25. The predicted octanol–water partition coefficient (Wildman–Crippen LogP) is 2.22. The Hall–Kier alpha value is -0.840. The molecule has 0 bridgehead atoms. The first-order valence-electron chi connectivity index (χ1n) is 5.81. The molecule has 1 heterocycles. The van der Waals surface area contributed by atoms with Gasteiger partial charge in [-0.05, 0) is 27.7 Å². The minimum atomic E-state index is -0.220. The molecule has 0 N–H and O–H groups in total. The maximum absolute atomic E-state index is 12.3. The fourth-order valence-electron chi connectivity index (χ4n) is 1.66. The molecule has 0 fully saturated rings. The fourth-order valence-corrected chi connectivity index (χ4v) is 2.09. The van der Waals surface area contributed by atoms with Crippen LogP contribution < -0.4 is 10.5 Å². The Morgan fingerprint density at radius 3 is 2.59 bits per heavy atom. The molecule has 4 nitrogen and oxygen atoms in total. The first-order valence-corrected chi connectivity index (χ1v) is 6.93. The third-order valence-corrected chi connectivity index (χ3v) is 2.94. The van der Waals surface area contributed by atoms with Gasteiger partial charge in [0.1, 0.15) is 0 Å². The average molecular weight is 302 g/mol. The molecule has 5 heteroatoms. The van der Waals surface area contributed by atoms with Gasteiger partial charge in [0.25, 0.3) is 5.56 Å². The smallest absolute Gasteiger partial charge is 0.293 e. The zero-order valence-corrected chi connectivity index (χ0v) is 12.5. The molecule has 0 unspecified atom stereocenters. The Bertz CT molecular complexity index is 422. The van der Waals surface area contributed by atoms with Crippen LogP contribution in [0.4, 0.5) is 5.82 Å². The second-order valence-electron chi connectivity index (χ2n) is 4.87. The van der Waals surface area contributed by atoms with E-state index in [4.69, 9.17) is 0 Å². The van der Waals surface area contributed by atoms with Crippen molar-refractivity contribution in [3.8, 4) is 0 Å². The molecule has 0 aliphatic carbocycles. The molecule has 1 rings (SSSR count). The molecule has 0 radical (unpaired) electrons. The quantitative estimate of drug-likeness (QED) is 0.801. The number of anilines is 1. The summed E-state index contributed by atoms with van der Waals surface area (Å²) in [6, 6.07) is 0. The topological polar surface area (TPSA) is 38.1 Å². The molecular formula is C12H20BrN3O. The molecular weight excluding hydrogens is 282 g/mol. The number of rotatable bonds is 4. The number of alkyl halides is 1. The highest BCUT2D eigenvalue weighted by Crippen LogP contribution is 2.12. The highest BCUT2D eigenvalue weighted by molar-refractivity contribution is 9.09. The Morgan fingerprint density at radius 1 is 1.47 bits per heavy atom. The molecule has 0 atom stereocenters. The van der Waals surface area contributed by atoms with Crippen molar-refractivity contribution >= 4 is 21.7 Å². The van der Waals surface area contributed by atoms with Crippen molar-refractivity contribution in [1.29, 1.82) is 0 Å². The predicted molar refractivity (Wildman–Crippen MR) is 75.2 cm³/mol. The summed E-state index contributed by atoms with van der Waals surface area (Å²) in [5.74, 6) is 0.532. The van der Waals surface area contributed by atoms with Gasteiger partial charge in [-0.25, -0.2) is 4.98 Å². The maximum Gasteiger partial charge on any atom is 0.293 e. The lowest BCUT2D eigenvalue weighted by molar-refractivity contribution is 0.382. The zero-order valence-electron chi connectivity index (χ0n) is 10.9. The van der Waals surface area contributed by atoms with Crippen molar-refractivity contribution in [2.75, 3.05) is 23.3 Å². The van der Waals surface area contributed by atoms with Crippen LogP contribution in [0.1, 0.15) is 27.7 Å². The van der Waals surface area contributed by atoms with Gasteiger partial charge < -0.3 is 9.47 Å². The standard InChI is InChI=1S/C12H20BrN3O/c1-5-15(8-6-13)10-11(17)16(9-7-14-10)12(2,3)4/h7,9H,5-6,8H2,1-4H3. The summed E-state index contributed by atoms with van der Waals surface area (Å²) >= 11 is 3.39. The van der Waals surface area contributed by atoms with Crippen molar-refractivity contribution in [2.45, 2.75) is 33.2 Å². The molecule has 96 valence electrons. The van der Waals surface area contributed by atoms with Crippen LogP contribution in [-0.2, 0) is 5.54 Å². The van der Waals surface area contributed by atoms with E-state index in [-0.39, 0.29) is 11.1 Å². The largest absolute Gasteiger partial charge is 0.351 e. The van der Waals surface area contributed by atoms with Gasteiger partial charge >= 0.3 is 0 Å². The van der Waals surface area contributed by atoms with E-state index < -0.39 is 0 Å². The molecule has 0 aromatic carbocycles. The van der Waals surface area contributed by atoms with Crippen LogP contribution in [0.3, 0.4) is 0 Å². The molecule has 0 saturated carbocycles. The van der Waals surface area contributed by atoms with Crippen LogP contribution in [0.15, 0.2) is 17.2 Å². The first-order chi connectivity index (χ1) is 7.91. The van der Waals surface area contributed by atoms with Crippen molar-refractivity contribution in [2.24, 2.45) is 0 Å². The van der Waals surface area contributed by atoms with Crippen LogP contribution >= 0.6 is 15.9 Å². The molecule has 0 aliphatic heterocycles. The van der Waals surface area contributed by atoms with E-state index in [2.05, 4.69) is 20.9 Å². The van der Waals surface area contributed by atoms with E-state index in [0.29, 0.717) is 5.82 Å². The van der Waals surface area contributed by atoms with E-state index in [1.807, 2.05) is 32.6 Å². The highest BCUT2D eigenvalue weighted by atomic mass is 79.9. The molecule has 0 amide bonds. The van der Waals surface area contributed by atoms with Gasteiger partial charge in [0.2, 0.25) is 0 Å². The summed E-state index contributed by atoms with van der Waals surface area (Å²) < 4.78 is 1.73. The maximum atomic E-state index is 12.3. The van der Waals surface area contributed by atoms with Crippen molar-refractivity contribution in [1.82, 2.24) is 9.55 Å². The van der Waals surface area contributed by atoms with Crippen LogP contribution in [-0.4, -0.2) is 28.0 Å². The molecule has 1 aromatic rings. The summed E-state index contributed by atoms with van der Waals surface area (Å²) in [6.07, 6.45) is 3.44. The van der Waals surface area contributed by atoms with Gasteiger partial charge in [-0.15, -0.1) is 0 Å². The van der Waals surface area contributed by atoms with Crippen LogP contribution in [0.2, 0.25) is 0 Å². The lowest BCUT2D eigenvalue weighted by Crippen LogP contribution is -2.39. The summed E-state index contributed by atoms with van der Waals surface area (Å²) in [5, 5.41) is 0.826. The van der Waals surface area contributed by atoms with E-state index in [9.17, 15) is 4.79 Å². The summed E-state index contributed by atoms with van der Waals surface area (Å²) in [5.41, 5.74) is -0.245. The van der Waals surface area contributed by atoms with E-state index in [0.717, 1.165) is 18.4 Å².